The highest BCUT2D eigenvalue weighted by Gasteiger charge is 2.55. The molecular weight excluding hydrogens is 488 g/mol. The molecule has 2 amide bonds. The monoisotopic (exact) mass is 530 g/mol. The summed E-state index contributed by atoms with van der Waals surface area (Å²) in [6.45, 7) is 5.29. The van der Waals surface area contributed by atoms with Crippen LogP contribution in [-0.2, 0) is 25.5 Å². The Balaban J connectivity index is 2.38. The number of alkyl carbamates (subject to hydrolysis) is 1. The first-order valence-corrected chi connectivity index (χ1v) is 13.4. The van der Waals surface area contributed by atoms with Crippen molar-refractivity contribution >= 4 is 30.0 Å². The lowest BCUT2D eigenvalue weighted by atomic mass is 9.83. The highest BCUT2D eigenvalue weighted by molar-refractivity contribution is 6.14. The fourth-order valence-corrected chi connectivity index (χ4v) is 4.82. The summed E-state index contributed by atoms with van der Waals surface area (Å²) in [6, 6.07) is 7.49. The molecule has 1 aromatic carbocycles. The number of hydrogen-bond acceptors (Lipinski definition) is 7. The van der Waals surface area contributed by atoms with Crippen LogP contribution in [0.1, 0.15) is 57.9 Å². The van der Waals surface area contributed by atoms with Gasteiger partial charge in [0.2, 0.25) is 5.91 Å². The highest BCUT2D eigenvalue weighted by atomic mass is 16.5. The first-order chi connectivity index (χ1) is 18.3. The lowest BCUT2D eigenvalue weighted by Crippen LogP contribution is -2.66. The van der Waals surface area contributed by atoms with E-state index in [1.165, 1.54) is 0 Å². The van der Waals surface area contributed by atoms with Crippen molar-refractivity contribution in [2.45, 2.75) is 76.4 Å². The molecule has 1 aromatic rings. The van der Waals surface area contributed by atoms with Gasteiger partial charge in [0, 0.05) is 6.54 Å². The van der Waals surface area contributed by atoms with E-state index in [-0.39, 0.29) is 25.4 Å². The third kappa shape index (κ3) is 8.54. The third-order valence-electron chi connectivity index (χ3n) is 6.69. The largest absolute Gasteiger partial charge is 0.450 e. The molecule has 1 aliphatic rings. The molecule has 0 radical (unpaired) electrons. The average molecular weight is 531 g/mol. The van der Waals surface area contributed by atoms with Crippen LogP contribution in [0.4, 0.5) is 4.79 Å². The normalized spacial score (nSPS) is 18.7. The van der Waals surface area contributed by atoms with Gasteiger partial charge in [-0.3, -0.25) is 19.5 Å². The van der Waals surface area contributed by atoms with E-state index in [2.05, 4.69) is 15.6 Å². The predicted molar refractivity (Wildman–Crippen MR) is 145 cm³/mol. The Bertz CT molecular complexity index is 953. The van der Waals surface area contributed by atoms with Gasteiger partial charge in [-0.1, -0.05) is 43.7 Å². The molecule has 0 aliphatic carbocycles. The topological polar surface area (TPSA) is 169 Å². The van der Waals surface area contributed by atoms with E-state index in [0.29, 0.717) is 45.2 Å². The Hall–Kier alpha value is -3.47. The number of nitrogens with two attached hydrogens (primary N) is 2. The SMILES string of the molecule is CCCCN1CCC[C@]1(C(=O)N[C@H](C=O)CCCN=C(N)N)C(=O)[C@@H](Cc1ccccc1)NC(=O)OCC. The van der Waals surface area contributed by atoms with Crippen molar-refractivity contribution in [2.75, 3.05) is 26.2 Å². The number of hydrogen-bond donors (Lipinski definition) is 4. The molecule has 0 bridgehead atoms. The molecular formula is C27H42N6O5. The first-order valence-electron chi connectivity index (χ1n) is 13.4. The molecule has 2 rings (SSSR count). The van der Waals surface area contributed by atoms with Gasteiger partial charge in [0.1, 0.15) is 6.29 Å². The Morgan fingerprint density at radius 3 is 2.53 bits per heavy atom. The van der Waals surface area contributed by atoms with E-state index in [1.807, 2.05) is 42.2 Å². The minimum Gasteiger partial charge on any atom is -0.450 e. The molecule has 6 N–H and O–H groups in total. The van der Waals surface area contributed by atoms with Crippen molar-refractivity contribution in [1.82, 2.24) is 15.5 Å². The van der Waals surface area contributed by atoms with Crippen LogP contribution in [0.3, 0.4) is 0 Å². The maximum atomic E-state index is 14.3. The van der Waals surface area contributed by atoms with Crippen molar-refractivity contribution in [2.24, 2.45) is 16.5 Å². The first kappa shape index (κ1) is 30.8. The van der Waals surface area contributed by atoms with Crippen LogP contribution in [-0.4, -0.2) is 78.8 Å². The molecule has 1 fully saturated rings. The van der Waals surface area contributed by atoms with Gasteiger partial charge in [0.25, 0.3) is 0 Å². The van der Waals surface area contributed by atoms with E-state index in [9.17, 15) is 19.2 Å². The number of benzene rings is 1. The number of aliphatic imine (C=N–C) groups is 1. The molecule has 38 heavy (non-hydrogen) atoms. The summed E-state index contributed by atoms with van der Waals surface area (Å²) >= 11 is 0. The molecule has 3 atom stereocenters. The fourth-order valence-electron chi connectivity index (χ4n) is 4.82. The molecule has 0 aromatic heterocycles. The van der Waals surface area contributed by atoms with E-state index in [1.54, 1.807) is 6.92 Å². The van der Waals surface area contributed by atoms with Crippen molar-refractivity contribution in [3.05, 3.63) is 35.9 Å². The van der Waals surface area contributed by atoms with Crippen LogP contribution in [0.15, 0.2) is 35.3 Å². The van der Waals surface area contributed by atoms with E-state index < -0.39 is 35.4 Å². The van der Waals surface area contributed by atoms with Crippen LogP contribution in [0.25, 0.3) is 0 Å². The summed E-state index contributed by atoms with van der Waals surface area (Å²) in [5.41, 5.74) is 10.0. The Kier molecular flexibility index (Phi) is 12.7. The second-order valence-electron chi connectivity index (χ2n) is 9.44. The van der Waals surface area contributed by atoms with Crippen LogP contribution in [0.5, 0.6) is 0 Å². The fraction of sp³-hybridized carbons (Fsp3) is 0.593. The summed E-state index contributed by atoms with van der Waals surface area (Å²) in [5, 5.41) is 5.49. The van der Waals surface area contributed by atoms with E-state index >= 15 is 0 Å². The number of unbranched alkanes of at least 4 members (excludes halogenated alkanes) is 1. The summed E-state index contributed by atoms with van der Waals surface area (Å²) in [7, 11) is 0. The number of carbonyl (C=O) groups is 4. The van der Waals surface area contributed by atoms with Crippen LogP contribution < -0.4 is 22.1 Å². The standard InChI is InChI=1S/C27H42N6O5/c1-3-5-16-33-17-10-14-27(33,24(36)31-21(19-34)13-9-15-30-25(28)29)23(35)22(32-26(37)38-4-2)18-20-11-7-6-8-12-20/h6-8,11-12,19,21-22H,3-5,9-10,13-18H2,1-2H3,(H,31,36)(H,32,37)(H4,28,29,30)/t21-,22+,27+/m0/s1. The number of amides is 2. The molecule has 0 spiro atoms. The second-order valence-corrected chi connectivity index (χ2v) is 9.44. The van der Waals surface area contributed by atoms with Gasteiger partial charge in [-0.05, 0) is 64.1 Å². The zero-order valence-electron chi connectivity index (χ0n) is 22.5. The molecule has 1 saturated heterocycles. The van der Waals surface area contributed by atoms with Crippen LogP contribution >= 0.6 is 0 Å². The van der Waals surface area contributed by atoms with Gasteiger partial charge in [0.15, 0.2) is 17.3 Å². The number of aldehydes is 1. The van der Waals surface area contributed by atoms with Crippen LogP contribution in [0.2, 0.25) is 0 Å². The molecule has 11 heteroatoms. The smallest absolute Gasteiger partial charge is 0.407 e. The maximum absolute atomic E-state index is 14.3. The molecule has 1 heterocycles. The lowest BCUT2D eigenvalue weighted by molar-refractivity contribution is -0.145. The number of carbonyl (C=O) groups excluding carboxylic acids is 4. The summed E-state index contributed by atoms with van der Waals surface area (Å²) in [4.78, 5) is 58.3. The minimum absolute atomic E-state index is 0.0442. The summed E-state index contributed by atoms with van der Waals surface area (Å²) in [5.74, 6) is -0.984. The zero-order chi connectivity index (χ0) is 28.0. The molecule has 11 nitrogen and oxygen atoms in total. The maximum Gasteiger partial charge on any atom is 0.407 e. The van der Waals surface area contributed by atoms with Gasteiger partial charge in [-0.25, -0.2) is 4.79 Å². The Labute approximate surface area is 224 Å². The second kappa shape index (κ2) is 15.7. The molecule has 1 aliphatic heterocycles. The number of ketones is 1. The van der Waals surface area contributed by atoms with Gasteiger partial charge < -0.3 is 31.6 Å². The Morgan fingerprint density at radius 2 is 1.89 bits per heavy atom. The minimum atomic E-state index is -1.52. The average Bonchev–Trinajstić information content (AvgIpc) is 3.33. The van der Waals surface area contributed by atoms with E-state index in [0.717, 1.165) is 18.4 Å². The molecule has 0 saturated carbocycles. The number of rotatable bonds is 16. The van der Waals surface area contributed by atoms with Gasteiger partial charge in [-0.2, -0.15) is 0 Å². The number of guanidine groups is 1. The summed E-state index contributed by atoms with van der Waals surface area (Å²) < 4.78 is 5.07. The molecule has 210 valence electrons. The highest BCUT2D eigenvalue weighted by Crippen LogP contribution is 2.33. The van der Waals surface area contributed by atoms with Crippen molar-refractivity contribution in [3.8, 4) is 0 Å². The predicted octanol–water partition coefficient (Wildman–Crippen LogP) is 1.28. The van der Waals surface area contributed by atoms with Gasteiger partial charge >= 0.3 is 6.09 Å². The number of nitrogens with one attached hydrogen (secondary N) is 2. The number of Topliss-reactive ketones (excluding diaryl/α,β-unsaturated/α-hetero) is 1. The van der Waals surface area contributed by atoms with Gasteiger partial charge in [-0.15, -0.1) is 0 Å². The molecule has 0 unspecified atom stereocenters. The zero-order valence-corrected chi connectivity index (χ0v) is 22.5. The van der Waals surface area contributed by atoms with Crippen molar-refractivity contribution in [3.63, 3.8) is 0 Å². The number of likely N-dealkylation sites (tertiary alicyclic amines) is 1. The van der Waals surface area contributed by atoms with E-state index in [4.69, 9.17) is 16.2 Å². The summed E-state index contributed by atoms with van der Waals surface area (Å²) in [6.07, 6.45) is 3.54. The number of ether oxygens (including phenoxy) is 1. The quantitative estimate of drug-likeness (QED) is 0.0814. The van der Waals surface area contributed by atoms with Crippen LogP contribution in [0, 0.1) is 0 Å². The van der Waals surface area contributed by atoms with Gasteiger partial charge in [0.05, 0.1) is 18.7 Å². The number of nitrogens with zero attached hydrogens (tertiary/aromatic N) is 2. The third-order valence-corrected chi connectivity index (χ3v) is 6.69. The lowest BCUT2D eigenvalue weighted by Gasteiger charge is -2.38. The Morgan fingerprint density at radius 1 is 1.16 bits per heavy atom. The van der Waals surface area contributed by atoms with Crippen molar-refractivity contribution < 1.29 is 23.9 Å². The van der Waals surface area contributed by atoms with Crippen molar-refractivity contribution in [1.29, 1.82) is 0 Å².